The molecule has 0 fully saturated rings. The topological polar surface area (TPSA) is 97.8 Å². The van der Waals surface area contributed by atoms with Gasteiger partial charge in [-0.25, -0.2) is 0 Å². The Morgan fingerprint density at radius 3 is 2.67 bits per heavy atom. The number of aromatic nitrogens is 5. The van der Waals surface area contributed by atoms with E-state index >= 15 is 0 Å². The Balaban J connectivity index is 1.17. The molecule has 6 rings (SSSR count). The molecule has 218 valence electrons. The molecule has 0 aliphatic heterocycles. The molecule has 0 unspecified atom stereocenters. The lowest BCUT2D eigenvalue weighted by atomic mass is 10.0. The molecule has 8 nitrogen and oxygen atoms in total. The first-order chi connectivity index (χ1) is 20.6. The third kappa shape index (κ3) is 6.09. The molecule has 1 atom stereocenters. The van der Waals surface area contributed by atoms with Gasteiger partial charge >= 0.3 is 0 Å². The summed E-state index contributed by atoms with van der Waals surface area (Å²) >= 11 is 0. The van der Waals surface area contributed by atoms with Gasteiger partial charge in [-0.1, -0.05) is 55.8 Å². The second-order valence-corrected chi connectivity index (χ2v) is 11.5. The van der Waals surface area contributed by atoms with Crippen LogP contribution in [0.3, 0.4) is 0 Å². The normalized spacial score (nSPS) is 16.5. The molecule has 0 amide bonds. The summed E-state index contributed by atoms with van der Waals surface area (Å²) in [6.07, 6.45) is 14.6. The highest BCUT2D eigenvalue weighted by atomic mass is 15.4. The van der Waals surface area contributed by atoms with Crippen LogP contribution in [0.25, 0.3) is 17.1 Å². The van der Waals surface area contributed by atoms with Crippen molar-refractivity contribution in [1.82, 2.24) is 29.9 Å². The van der Waals surface area contributed by atoms with E-state index in [1.807, 2.05) is 0 Å². The van der Waals surface area contributed by atoms with E-state index in [2.05, 4.69) is 105 Å². The van der Waals surface area contributed by atoms with Crippen molar-refractivity contribution >= 4 is 17.6 Å². The molecule has 2 aromatic heterocycles. The lowest BCUT2D eigenvalue weighted by Gasteiger charge is -2.30. The Labute approximate surface area is 249 Å². The Morgan fingerprint density at radius 2 is 1.81 bits per heavy atom. The molecule has 3 N–H and O–H groups in total. The first-order valence-electron chi connectivity index (χ1n) is 15.5. The predicted molar refractivity (Wildman–Crippen MR) is 170 cm³/mol. The van der Waals surface area contributed by atoms with Crippen LogP contribution in [0, 0.1) is 0 Å². The van der Waals surface area contributed by atoms with Gasteiger partial charge < -0.3 is 11.1 Å². The second kappa shape index (κ2) is 12.9. The Bertz CT molecular complexity index is 1560. The van der Waals surface area contributed by atoms with Crippen LogP contribution < -0.4 is 11.1 Å². The zero-order valence-corrected chi connectivity index (χ0v) is 24.9. The quantitative estimate of drug-likeness (QED) is 0.178. The van der Waals surface area contributed by atoms with Gasteiger partial charge in [0.1, 0.15) is 0 Å². The van der Waals surface area contributed by atoms with E-state index in [0.717, 1.165) is 55.6 Å². The average molecular weight is 563 g/mol. The third-order valence-corrected chi connectivity index (χ3v) is 8.72. The van der Waals surface area contributed by atoms with Crippen LogP contribution in [0.2, 0.25) is 0 Å². The summed E-state index contributed by atoms with van der Waals surface area (Å²) < 4.78 is 1.58. The number of allylic oxidation sites excluding steroid dienone is 1. The van der Waals surface area contributed by atoms with Crippen molar-refractivity contribution in [3.8, 4) is 17.1 Å². The van der Waals surface area contributed by atoms with Crippen LogP contribution in [0.4, 0.5) is 17.6 Å². The van der Waals surface area contributed by atoms with Gasteiger partial charge in [-0.05, 0) is 105 Å². The molecule has 2 aromatic carbocycles. The molecule has 2 heterocycles. The number of fused-ring (bicyclic) bond motifs is 4. The van der Waals surface area contributed by atoms with Gasteiger partial charge in [0.25, 0.3) is 0 Å². The average Bonchev–Trinajstić information content (AvgIpc) is 3.15. The van der Waals surface area contributed by atoms with Crippen LogP contribution >= 0.6 is 0 Å². The summed E-state index contributed by atoms with van der Waals surface area (Å²) in [7, 11) is 0. The number of benzene rings is 2. The van der Waals surface area contributed by atoms with E-state index in [1.54, 1.807) is 4.68 Å². The number of rotatable bonds is 9. The number of aryl methyl sites for hydroxylation is 4. The molecule has 0 saturated carbocycles. The predicted octanol–water partition coefficient (Wildman–Crippen LogP) is 6.46. The van der Waals surface area contributed by atoms with Gasteiger partial charge in [-0.15, -0.1) is 15.3 Å². The minimum absolute atomic E-state index is 0.284. The SMILES string of the molecule is C/C=C/CN(CCCC)[C@H]1CCc2ccc(Nc3nc(N)n(-c4cc5c(nn4)-c4ccccc4CCC5)n3)cc2CC1. The number of nitrogen functional groups attached to an aromatic ring is 1. The van der Waals surface area contributed by atoms with E-state index in [-0.39, 0.29) is 5.95 Å². The van der Waals surface area contributed by atoms with Crippen molar-refractivity contribution < 1.29 is 0 Å². The van der Waals surface area contributed by atoms with Gasteiger partial charge in [0.05, 0.1) is 5.69 Å². The first-order valence-corrected chi connectivity index (χ1v) is 15.5. The largest absolute Gasteiger partial charge is 0.368 e. The number of nitrogens with zero attached hydrogens (tertiary/aromatic N) is 6. The Hall–Kier alpha value is -4.04. The van der Waals surface area contributed by atoms with Crippen molar-refractivity contribution in [2.45, 2.75) is 77.7 Å². The van der Waals surface area contributed by atoms with Crippen molar-refractivity contribution in [3.63, 3.8) is 0 Å². The zero-order chi connectivity index (χ0) is 28.9. The van der Waals surface area contributed by atoms with Crippen LogP contribution in [0.1, 0.15) is 68.2 Å². The number of nitrogens with one attached hydrogen (secondary N) is 1. The molecule has 2 aliphatic rings. The standard InChI is InChI=1S/C34H42N8/c1-3-5-20-41(21-6-4-2)29-18-15-24-14-17-28(22-26(24)16-19-29)36-34-37-33(35)42(40-34)31-23-27-12-9-11-25-10-7-8-13-30(25)32(27)39-38-31/h3,5,7-8,10,13-14,17,22-23,29H,4,6,9,11-12,15-16,18-21H2,1-2H3,(H3,35,36,37,40)/b5-3+/t29-/m0/s1. The van der Waals surface area contributed by atoms with Gasteiger partial charge in [0.15, 0.2) is 5.82 Å². The van der Waals surface area contributed by atoms with Gasteiger partial charge in [0, 0.05) is 23.8 Å². The summed E-state index contributed by atoms with van der Waals surface area (Å²) in [6.45, 7) is 6.60. The van der Waals surface area contributed by atoms with E-state index in [1.165, 1.54) is 54.5 Å². The summed E-state index contributed by atoms with van der Waals surface area (Å²) in [4.78, 5) is 7.19. The van der Waals surface area contributed by atoms with E-state index in [4.69, 9.17) is 5.73 Å². The summed E-state index contributed by atoms with van der Waals surface area (Å²) in [5.41, 5.74) is 14.8. The van der Waals surface area contributed by atoms with Crippen molar-refractivity contribution in [2.75, 3.05) is 24.1 Å². The molecule has 0 saturated heterocycles. The maximum atomic E-state index is 6.33. The van der Waals surface area contributed by atoms with E-state index in [0.29, 0.717) is 17.8 Å². The fourth-order valence-corrected chi connectivity index (χ4v) is 6.41. The van der Waals surface area contributed by atoms with Gasteiger partial charge in [-0.3, -0.25) is 4.90 Å². The fourth-order valence-electron chi connectivity index (χ4n) is 6.41. The molecule has 42 heavy (non-hydrogen) atoms. The Morgan fingerprint density at radius 1 is 0.976 bits per heavy atom. The number of unbranched alkanes of at least 4 members (excludes halogenated alkanes) is 1. The summed E-state index contributed by atoms with van der Waals surface area (Å²) in [5.74, 6) is 1.33. The maximum Gasteiger partial charge on any atom is 0.248 e. The molecule has 0 bridgehead atoms. The smallest absolute Gasteiger partial charge is 0.248 e. The molecule has 0 spiro atoms. The van der Waals surface area contributed by atoms with Crippen LogP contribution in [-0.2, 0) is 25.7 Å². The highest BCUT2D eigenvalue weighted by molar-refractivity contribution is 5.68. The molecular weight excluding hydrogens is 520 g/mol. The number of anilines is 3. The van der Waals surface area contributed by atoms with Gasteiger partial charge in [0.2, 0.25) is 11.9 Å². The Kier molecular flexibility index (Phi) is 8.60. The van der Waals surface area contributed by atoms with Gasteiger partial charge in [-0.2, -0.15) is 9.67 Å². The van der Waals surface area contributed by atoms with E-state index in [9.17, 15) is 0 Å². The van der Waals surface area contributed by atoms with Crippen LogP contribution in [0.5, 0.6) is 0 Å². The minimum atomic E-state index is 0.284. The van der Waals surface area contributed by atoms with Crippen molar-refractivity contribution in [2.24, 2.45) is 0 Å². The molecule has 0 radical (unpaired) electrons. The van der Waals surface area contributed by atoms with E-state index < -0.39 is 0 Å². The highest BCUT2D eigenvalue weighted by Gasteiger charge is 2.22. The minimum Gasteiger partial charge on any atom is -0.368 e. The number of nitrogens with two attached hydrogens (primary N) is 1. The lowest BCUT2D eigenvalue weighted by molar-refractivity contribution is 0.196. The van der Waals surface area contributed by atoms with Crippen LogP contribution in [0.15, 0.2) is 60.7 Å². The first kappa shape index (κ1) is 28.1. The van der Waals surface area contributed by atoms with Crippen molar-refractivity contribution in [1.29, 1.82) is 0 Å². The van der Waals surface area contributed by atoms with Crippen molar-refractivity contribution in [3.05, 3.63) is 82.9 Å². The third-order valence-electron chi connectivity index (χ3n) is 8.72. The number of hydrogen-bond donors (Lipinski definition) is 2. The van der Waals surface area contributed by atoms with Crippen LogP contribution in [-0.4, -0.2) is 49.0 Å². The lowest BCUT2D eigenvalue weighted by Crippen LogP contribution is -2.36. The fraction of sp³-hybridized carbons (Fsp3) is 0.412. The molecular formula is C34H42N8. The maximum absolute atomic E-state index is 6.33. The zero-order valence-electron chi connectivity index (χ0n) is 24.9. The second-order valence-electron chi connectivity index (χ2n) is 11.5. The molecule has 2 aliphatic carbocycles. The monoisotopic (exact) mass is 562 g/mol. The summed E-state index contributed by atoms with van der Waals surface area (Å²) in [6, 6.07) is 17.8. The molecule has 4 aromatic rings. The summed E-state index contributed by atoms with van der Waals surface area (Å²) in [5, 5.41) is 17.2. The molecule has 8 heteroatoms. The number of hydrogen-bond acceptors (Lipinski definition) is 7. The highest BCUT2D eigenvalue weighted by Crippen LogP contribution is 2.32.